The molecule has 2 aromatic rings. The summed E-state index contributed by atoms with van der Waals surface area (Å²) in [5.74, 6) is -0.698. The summed E-state index contributed by atoms with van der Waals surface area (Å²) in [5.41, 5.74) is 0.0289. The van der Waals surface area contributed by atoms with Crippen molar-refractivity contribution in [2.45, 2.75) is 6.61 Å². The van der Waals surface area contributed by atoms with E-state index >= 15 is 0 Å². The first-order valence-electron chi connectivity index (χ1n) is 5.06. The molecule has 0 aliphatic heterocycles. The topological polar surface area (TPSA) is 59.7 Å². The zero-order valence-corrected chi connectivity index (χ0v) is 11.6. The lowest BCUT2D eigenvalue weighted by Crippen LogP contribution is -2.03. The maximum absolute atomic E-state index is 10.9. The summed E-state index contributed by atoms with van der Waals surface area (Å²) < 4.78 is 10.4. The molecule has 2 rings (SSSR count). The van der Waals surface area contributed by atoms with Crippen molar-refractivity contribution < 1.29 is 19.1 Å². The molecule has 0 unspecified atom stereocenters. The SMILES string of the molecule is O=C(O)c1ccoc1COc1c(Cl)cc(Cl)cc1Cl. The lowest BCUT2D eigenvalue weighted by atomic mass is 10.2. The van der Waals surface area contributed by atoms with Crippen LogP contribution in [0.15, 0.2) is 28.9 Å². The van der Waals surface area contributed by atoms with Gasteiger partial charge in [-0.05, 0) is 18.2 Å². The highest BCUT2D eigenvalue weighted by Gasteiger charge is 2.16. The standard InChI is InChI=1S/C12H7Cl3O4/c13-6-3-8(14)11(9(15)4-6)19-5-10-7(12(16)17)1-2-18-10/h1-4H,5H2,(H,16,17). The van der Waals surface area contributed by atoms with E-state index in [4.69, 9.17) is 49.1 Å². The van der Waals surface area contributed by atoms with E-state index < -0.39 is 5.97 Å². The molecule has 7 heteroatoms. The van der Waals surface area contributed by atoms with Gasteiger partial charge in [0.1, 0.15) is 12.2 Å². The number of benzene rings is 1. The minimum atomic E-state index is -1.10. The lowest BCUT2D eigenvalue weighted by molar-refractivity contribution is 0.0692. The Balaban J connectivity index is 2.19. The number of rotatable bonds is 4. The van der Waals surface area contributed by atoms with Gasteiger partial charge < -0.3 is 14.3 Å². The minimum absolute atomic E-state index is 0.0289. The van der Waals surface area contributed by atoms with Gasteiger partial charge in [-0.3, -0.25) is 0 Å². The third kappa shape index (κ3) is 3.15. The number of carboxylic acid groups (broad SMARTS) is 1. The Labute approximate surface area is 123 Å². The van der Waals surface area contributed by atoms with Crippen molar-refractivity contribution in [1.29, 1.82) is 0 Å². The fraction of sp³-hybridized carbons (Fsp3) is 0.0833. The van der Waals surface area contributed by atoms with Crippen molar-refractivity contribution in [2.75, 3.05) is 0 Å². The fourth-order valence-electron chi connectivity index (χ4n) is 1.45. The number of furan rings is 1. The van der Waals surface area contributed by atoms with Crippen LogP contribution in [-0.4, -0.2) is 11.1 Å². The van der Waals surface area contributed by atoms with Crippen molar-refractivity contribution >= 4 is 40.8 Å². The van der Waals surface area contributed by atoms with Crippen LogP contribution in [0.4, 0.5) is 0 Å². The monoisotopic (exact) mass is 320 g/mol. The van der Waals surface area contributed by atoms with E-state index in [9.17, 15) is 4.79 Å². The van der Waals surface area contributed by atoms with Gasteiger partial charge in [-0.25, -0.2) is 4.79 Å². The number of carboxylic acids is 1. The summed E-state index contributed by atoms with van der Waals surface area (Å²) in [7, 11) is 0. The summed E-state index contributed by atoms with van der Waals surface area (Å²) in [6.45, 7) is -0.101. The quantitative estimate of drug-likeness (QED) is 0.899. The molecule has 0 radical (unpaired) electrons. The van der Waals surface area contributed by atoms with Gasteiger partial charge >= 0.3 is 5.97 Å². The van der Waals surface area contributed by atoms with E-state index in [0.717, 1.165) is 0 Å². The second-order valence-electron chi connectivity index (χ2n) is 3.55. The molecular formula is C12H7Cl3O4. The minimum Gasteiger partial charge on any atom is -0.482 e. The highest BCUT2D eigenvalue weighted by molar-refractivity contribution is 6.40. The molecule has 1 aromatic heterocycles. The zero-order valence-electron chi connectivity index (χ0n) is 9.32. The highest BCUT2D eigenvalue weighted by atomic mass is 35.5. The summed E-state index contributed by atoms with van der Waals surface area (Å²) in [4.78, 5) is 10.9. The molecule has 0 saturated heterocycles. The predicted molar refractivity (Wildman–Crippen MR) is 71.5 cm³/mol. The van der Waals surface area contributed by atoms with Crippen LogP contribution in [0, 0.1) is 0 Å². The molecule has 1 aromatic carbocycles. The number of hydrogen-bond donors (Lipinski definition) is 1. The fourth-order valence-corrected chi connectivity index (χ4v) is 2.37. The molecule has 0 saturated carbocycles. The van der Waals surface area contributed by atoms with Crippen LogP contribution in [0.1, 0.15) is 16.1 Å². The molecule has 0 bridgehead atoms. The maximum atomic E-state index is 10.9. The maximum Gasteiger partial charge on any atom is 0.339 e. The first-order chi connectivity index (χ1) is 8.99. The molecular weight excluding hydrogens is 314 g/mol. The zero-order chi connectivity index (χ0) is 14.0. The van der Waals surface area contributed by atoms with E-state index in [1.54, 1.807) is 0 Å². The summed E-state index contributed by atoms with van der Waals surface area (Å²) in [6.07, 6.45) is 1.27. The van der Waals surface area contributed by atoms with E-state index in [0.29, 0.717) is 5.02 Å². The number of carbonyl (C=O) groups is 1. The van der Waals surface area contributed by atoms with Crippen molar-refractivity contribution in [3.63, 3.8) is 0 Å². The third-order valence-electron chi connectivity index (χ3n) is 2.29. The van der Waals surface area contributed by atoms with E-state index in [1.807, 2.05) is 0 Å². The lowest BCUT2D eigenvalue weighted by Gasteiger charge is -2.09. The summed E-state index contributed by atoms with van der Waals surface area (Å²) in [5, 5.41) is 9.77. The number of halogens is 3. The van der Waals surface area contributed by atoms with Gasteiger partial charge in [0.15, 0.2) is 11.5 Å². The van der Waals surface area contributed by atoms with E-state index in [2.05, 4.69) is 0 Å². The molecule has 19 heavy (non-hydrogen) atoms. The molecule has 100 valence electrons. The van der Waals surface area contributed by atoms with Gasteiger partial charge in [-0.2, -0.15) is 0 Å². The van der Waals surface area contributed by atoms with E-state index in [-0.39, 0.29) is 33.7 Å². The van der Waals surface area contributed by atoms with E-state index in [1.165, 1.54) is 24.5 Å². The van der Waals surface area contributed by atoms with Crippen LogP contribution in [0.5, 0.6) is 5.75 Å². The highest BCUT2D eigenvalue weighted by Crippen LogP contribution is 2.36. The van der Waals surface area contributed by atoms with Crippen LogP contribution in [0.2, 0.25) is 15.1 Å². The van der Waals surface area contributed by atoms with Crippen molar-refractivity contribution in [3.05, 3.63) is 50.9 Å². The van der Waals surface area contributed by atoms with Gasteiger partial charge in [0.25, 0.3) is 0 Å². The Kier molecular flexibility index (Phi) is 4.24. The van der Waals surface area contributed by atoms with Crippen LogP contribution < -0.4 is 4.74 Å². The van der Waals surface area contributed by atoms with Crippen molar-refractivity contribution in [2.24, 2.45) is 0 Å². The molecule has 0 amide bonds. The molecule has 0 fully saturated rings. The molecule has 1 heterocycles. The number of hydrogen-bond acceptors (Lipinski definition) is 3. The van der Waals surface area contributed by atoms with Crippen LogP contribution >= 0.6 is 34.8 Å². The Morgan fingerprint density at radius 2 is 1.89 bits per heavy atom. The average molecular weight is 322 g/mol. The molecule has 0 aliphatic rings. The van der Waals surface area contributed by atoms with Gasteiger partial charge in [0.2, 0.25) is 0 Å². The van der Waals surface area contributed by atoms with Gasteiger partial charge in [-0.1, -0.05) is 34.8 Å². The molecule has 0 aliphatic carbocycles. The largest absolute Gasteiger partial charge is 0.482 e. The number of ether oxygens (including phenoxy) is 1. The second-order valence-corrected chi connectivity index (χ2v) is 4.80. The molecule has 4 nitrogen and oxygen atoms in total. The second kappa shape index (κ2) is 5.74. The smallest absolute Gasteiger partial charge is 0.339 e. The van der Waals surface area contributed by atoms with Crippen LogP contribution in [-0.2, 0) is 6.61 Å². The van der Waals surface area contributed by atoms with Crippen LogP contribution in [0.25, 0.3) is 0 Å². The van der Waals surface area contributed by atoms with Gasteiger partial charge in [-0.15, -0.1) is 0 Å². The Morgan fingerprint density at radius 1 is 1.26 bits per heavy atom. The first kappa shape index (κ1) is 14.1. The summed E-state index contributed by atoms with van der Waals surface area (Å²) >= 11 is 17.6. The Hall–Kier alpha value is -1.36. The molecule has 1 N–H and O–H groups in total. The summed E-state index contributed by atoms with van der Waals surface area (Å²) in [6, 6.07) is 4.29. The Morgan fingerprint density at radius 3 is 2.47 bits per heavy atom. The third-order valence-corrected chi connectivity index (χ3v) is 3.07. The van der Waals surface area contributed by atoms with Gasteiger partial charge in [0.05, 0.1) is 16.3 Å². The van der Waals surface area contributed by atoms with Gasteiger partial charge in [0, 0.05) is 5.02 Å². The predicted octanol–water partition coefficient (Wildman–Crippen LogP) is 4.52. The van der Waals surface area contributed by atoms with Crippen LogP contribution in [0.3, 0.4) is 0 Å². The Bertz CT molecular complexity index is 598. The van der Waals surface area contributed by atoms with Crippen molar-refractivity contribution in [1.82, 2.24) is 0 Å². The number of aromatic carboxylic acids is 1. The molecule has 0 atom stereocenters. The first-order valence-corrected chi connectivity index (χ1v) is 6.19. The normalized spacial score (nSPS) is 10.5. The van der Waals surface area contributed by atoms with Crippen molar-refractivity contribution in [3.8, 4) is 5.75 Å². The molecule has 0 spiro atoms. The average Bonchev–Trinajstić information content (AvgIpc) is 2.75.